The molecule has 2 aromatic rings. The molecule has 1 fully saturated rings. The van der Waals surface area contributed by atoms with E-state index in [1.807, 2.05) is 17.6 Å². The second kappa shape index (κ2) is 5.64. The quantitative estimate of drug-likeness (QED) is 0.924. The van der Waals surface area contributed by atoms with Crippen LogP contribution in [-0.2, 0) is 11.3 Å². The van der Waals surface area contributed by atoms with Crippen molar-refractivity contribution < 1.29 is 4.74 Å². The van der Waals surface area contributed by atoms with E-state index in [9.17, 15) is 0 Å². The predicted octanol–water partition coefficient (Wildman–Crippen LogP) is 1.69. The zero-order chi connectivity index (χ0) is 13.1. The molecule has 3 heterocycles. The highest BCUT2D eigenvalue weighted by Gasteiger charge is 2.23. The average Bonchev–Trinajstić information content (AvgIpc) is 2.92. The van der Waals surface area contributed by atoms with Gasteiger partial charge in [-0.2, -0.15) is 0 Å². The Kier molecular flexibility index (Phi) is 3.72. The molecule has 19 heavy (non-hydrogen) atoms. The van der Waals surface area contributed by atoms with Crippen LogP contribution in [0, 0.1) is 0 Å². The number of nitrogen functional groups attached to an aromatic ring is 1. The Morgan fingerprint density at radius 1 is 1.47 bits per heavy atom. The van der Waals surface area contributed by atoms with Gasteiger partial charge in [-0.25, -0.2) is 9.97 Å². The zero-order valence-corrected chi connectivity index (χ0v) is 11.3. The lowest BCUT2D eigenvalue weighted by Gasteiger charge is -2.32. The fraction of sp³-hybridized carbons (Fsp3) is 0.385. The van der Waals surface area contributed by atoms with Gasteiger partial charge in [0.25, 0.3) is 0 Å². The molecule has 2 aromatic heterocycles. The van der Waals surface area contributed by atoms with Crippen molar-refractivity contribution >= 4 is 17.2 Å². The molecule has 0 spiro atoms. The van der Waals surface area contributed by atoms with Gasteiger partial charge in [-0.3, -0.25) is 4.90 Å². The van der Waals surface area contributed by atoms with Crippen molar-refractivity contribution in [3.05, 3.63) is 40.5 Å². The van der Waals surface area contributed by atoms with E-state index in [-0.39, 0.29) is 6.10 Å². The minimum absolute atomic E-state index is 0.00381. The van der Waals surface area contributed by atoms with E-state index >= 15 is 0 Å². The van der Waals surface area contributed by atoms with Crippen molar-refractivity contribution in [2.75, 3.05) is 25.4 Å². The first-order chi connectivity index (χ1) is 9.31. The highest BCUT2D eigenvalue weighted by atomic mass is 32.1. The maximum atomic E-state index is 5.79. The van der Waals surface area contributed by atoms with E-state index in [0.717, 1.165) is 31.0 Å². The minimum Gasteiger partial charge on any atom is -0.384 e. The molecule has 0 amide bonds. The van der Waals surface area contributed by atoms with Gasteiger partial charge >= 0.3 is 0 Å². The largest absolute Gasteiger partial charge is 0.384 e. The summed E-state index contributed by atoms with van der Waals surface area (Å²) in [5.41, 5.74) is 9.61. The third-order valence-electron chi connectivity index (χ3n) is 3.14. The van der Waals surface area contributed by atoms with E-state index in [0.29, 0.717) is 12.4 Å². The summed E-state index contributed by atoms with van der Waals surface area (Å²) in [5.74, 6) is 0.540. The summed E-state index contributed by atoms with van der Waals surface area (Å²) < 4.78 is 5.79. The molecule has 0 aliphatic carbocycles. The molecule has 0 bridgehead atoms. The molecule has 1 aliphatic rings. The molecule has 6 heteroatoms. The van der Waals surface area contributed by atoms with Crippen LogP contribution in [0.25, 0.3) is 0 Å². The monoisotopic (exact) mass is 276 g/mol. The molecule has 0 saturated carbocycles. The number of rotatable bonds is 3. The number of morpholine rings is 1. The van der Waals surface area contributed by atoms with Gasteiger partial charge < -0.3 is 10.5 Å². The summed E-state index contributed by atoms with van der Waals surface area (Å²) in [4.78, 5) is 11.0. The highest BCUT2D eigenvalue weighted by molar-refractivity contribution is 7.07. The van der Waals surface area contributed by atoms with Crippen LogP contribution in [0.1, 0.15) is 17.5 Å². The van der Waals surface area contributed by atoms with E-state index < -0.39 is 0 Å². The Morgan fingerprint density at radius 3 is 3.21 bits per heavy atom. The molecule has 5 nitrogen and oxygen atoms in total. The first-order valence-corrected chi connectivity index (χ1v) is 7.19. The van der Waals surface area contributed by atoms with Gasteiger partial charge in [-0.05, 0) is 12.1 Å². The molecule has 0 radical (unpaired) electrons. The van der Waals surface area contributed by atoms with Crippen LogP contribution in [0.4, 0.5) is 5.82 Å². The SMILES string of the molecule is Nc1cccc([C@H]2CN(Cc3cscn3)CCO2)n1. The average molecular weight is 276 g/mol. The molecule has 1 atom stereocenters. The topological polar surface area (TPSA) is 64.3 Å². The smallest absolute Gasteiger partial charge is 0.123 e. The summed E-state index contributed by atoms with van der Waals surface area (Å²) in [6.07, 6.45) is -0.00381. The third kappa shape index (κ3) is 3.09. The van der Waals surface area contributed by atoms with Gasteiger partial charge in [0, 0.05) is 25.0 Å². The number of thiazole rings is 1. The number of hydrogen-bond acceptors (Lipinski definition) is 6. The summed E-state index contributed by atoms with van der Waals surface area (Å²) in [7, 11) is 0. The Hall–Kier alpha value is -1.50. The molecule has 0 unspecified atom stereocenters. The normalized spacial score (nSPS) is 20.5. The number of hydrogen-bond donors (Lipinski definition) is 1. The van der Waals surface area contributed by atoms with Crippen LogP contribution in [0.2, 0.25) is 0 Å². The standard InChI is InChI=1S/C13H16N4OS/c14-13-3-1-2-11(16-13)12-7-17(4-5-18-12)6-10-8-19-9-15-10/h1-3,8-9,12H,4-7H2,(H2,14,16)/t12-/m1/s1. The van der Waals surface area contributed by atoms with Crippen molar-refractivity contribution in [3.8, 4) is 0 Å². The molecule has 100 valence electrons. The number of nitrogens with two attached hydrogens (primary N) is 1. The summed E-state index contributed by atoms with van der Waals surface area (Å²) in [5, 5.41) is 2.09. The lowest BCUT2D eigenvalue weighted by atomic mass is 10.2. The molecule has 1 aliphatic heterocycles. The Labute approximate surface area is 116 Å². The number of nitrogens with zero attached hydrogens (tertiary/aromatic N) is 3. The van der Waals surface area contributed by atoms with Gasteiger partial charge in [0.05, 0.1) is 23.5 Å². The van der Waals surface area contributed by atoms with Gasteiger partial charge in [-0.1, -0.05) is 6.07 Å². The molecule has 1 saturated heterocycles. The zero-order valence-electron chi connectivity index (χ0n) is 10.5. The minimum atomic E-state index is -0.00381. The maximum absolute atomic E-state index is 5.79. The maximum Gasteiger partial charge on any atom is 0.123 e. The van der Waals surface area contributed by atoms with Crippen LogP contribution in [-0.4, -0.2) is 34.6 Å². The highest BCUT2D eigenvalue weighted by Crippen LogP contribution is 2.22. The van der Waals surface area contributed by atoms with E-state index in [1.165, 1.54) is 0 Å². The van der Waals surface area contributed by atoms with Crippen molar-refractivity contribution in [1.29, 1.82) is 0 Å². The van der Waals surface area contributed by atoms with Crippen LogP contribution in [0.3, 0.4) is 0 Å². The molecule has 0 aromatic carbocycles. The van der Waals surface area contributed by atoms with Gasteiger partial charge in [0.1, 0.15) is 11.9 Å². The number of aromatic nitrogens is 2. The third-order valence-corrected chi connectivity index (χ3v) is 3.78. The summed E-state index contributed by atoms with van der Waals surface area (Å²) >= 11 is 1.63. The van der Waals surface area contributed by atoms with Crippen molar-refractivity contribution in [2.24, 2.45) is 0 Å². The number of anilines is 1. The van der Waals surface area contributed by atoms with Crippen LogP contribution >= 0.6 is 11.3 Å². The van der Waals surface area contributed by atoms with E-state index in [2.05, 4.69) is 20.2 Å². The fourth-order valence-corrected chi connectivity index (χ4v) is 2.77. The summed E-state index contributed by atoms with van der Waals surface area (Å²) in [6, 6.07) is 5.67. The fourth-order valence-electron chi connectivity index (χ4n) is 2.22. The Bertz CT molecular complexity index is 531. The van der Waals surface area contributed by atoms with Crippen LogP contribution in [0.15, 0.2) is 29.1 Å². The first-order valence-electron chi connectivity index (χ1n) is 6.25. The Balaban J connectivity index is 1.67. The summed E-state index contributed by atoms with van der Waals surface area (Å²) in [6.45, 7) is 3.33. The first kappa shape index (κ1) is 12.5. The van der Waals surface area contributed by atoms with Gasteiger partial charge in [0.2, 0.25) is 0 Å². The Morgan fingerprint density at radius 2 is 2.42 bits per heavy atom. The predicted molar refractivity (Wildman–Crippen MR) is 74.7 cm³/mol. The second-order valence-electron chi connectivity index (χ2n) is 4.56. The molecular formula is C13H16N4OS. The van der Waals surface area contributed by atoms with Crippen LogP contribution in [0.5, 0.6) is 0 Å². The van der Waals surface area contributed by atoms with Crippen LogP contribution < -0.4 is 5.73 Å². The molecular weight excluding hydrogens is 260 g/mol. The van der Waals surface area contributed by atoms with Crippen molar-refractivity contribution in [3.63, 3.8) is 0 Å². The lowest BCUT2D eigenvalue weighted by Crippen LogP contribution is -2.38. The van der Waals surface area contributed by atoms with Gasteiger partial charge in [0.15, 0.2) is 0 Å². The van der Waals surface area contributed by atoms with Crippen molar-refractivity contribution in [1.82, 2.24) is 14.9 Å². The second-order valence-corrected chi connectivity index (χ2v) is 5.28. The molecule has 3 rings (SSSR count). The van der Waals surface area contributed by atoms with E-state index in [4.69, 9.17) is 10.5 Å². The van der Waals surface area contributed by atoms with Gasteiger partial charge in [-0.15, -0.1) is 11.3 Å². The lowest BCUT2D eigenvalue weighted by molar-refractivity contribution is -0.0352. The number of pyridine rings is 1. The number of ether oxygens (including phenoxy) is 1. The molecule has 2 N–H and O–H groups in total. The van der Waals surface area contributed by atoms with Crippen molar-refractivity contribution in [2.45, 2.75) is 12.6 Å². The van der Waals surface area contributed by atoms with E-state index in [1.54, 1.807) is 17.4 Å².